The van der Waals surface area contributed by atoms with Gasteiger partial charge in [-0.2, -0.15) is 0 Å². The molecule has 156 valence electrons. The first-order valence-corrected chi connectivity index (χ1v) is 12.1. The predicted molar refractivity (Wildman–Crippen MR) is 117 cm³/mol. The Balaban J connectivity index is 0.00000420. The molecular weight excluding hydrogens is 407 g/mol. The van der Waals surface area contributed by atoms with Gasteiger partial charge < -0.3 is 4.55 Å². The summed E-state index contributed by atoms with van der Waals surface area (Å²) in [5.41, 5.74) is 1.81. The fourth-order valence-electron chi connectivity index (χ4n) is 3.92. The van der Waals surface area contributed by atoms with Gasteiger partial charge in [0.2, 0.25) is 0 Å². The minimum Gasteiger partial charge on any atom is -0.744 e. The SMILES string of the molecule is CC(C)CCCCc1cc2ccccc2c(S(=O)(=O)[O-])c1CCCCC(C)C.[K+]. The van der Waals surface area contributed by atoms with Crippen molar-refractivity contribution in [2.45, 2.75) is 84.0 Å². The summed E-state index contributed by atoms with van der Waals surface area (Å²) >= 11 is 0. The second kappa shape index (κ2) is 12.9. The van der Waals surface area contributed by atoms with Crippen molar-refractivity contribution < 1.29 is 64.4 Å². The molecule has 0 heterocycles. The number of fused-ring (bicyclic) bond motifs is 1. The molecule has 0 aromatic heterocycles. The summed E-state index contributed by atoms with van der Waals surface area (Å²) in [6.07, 6.45) is 7.90. The molecule has 0 saturated carbocycles. The van der Waals surface area contributed by atoms with Crippen LogP contribution < -0.4 is 51.4 Å². The van der Waals surface area contributed by atoms with Crippen molar-refractivity contribution in [1.82, 2.24) is 0 Å². The Morgan fingerprint density at radius 3 is 1.97 bits per heavy atom. The van der Waals surface area contributed by atoms with E-state index in [-0.39, 0.29) is 56.3 Å². The maximum Gasteiger partial charge on any atom is 1.00 e. The minimum atomic E-state index is -4.53. The van der Waals surface area contributed by atoms with E-state index < -0.39 is 10.1 Å². The van der Waals surface area contributed by atoms with Gasteiger partial charge in [-0.1, -0.05) is 83.7 Å². The van der Waals surface area contributed by atoms with Crippen molar-refractivity contribution in [3.05, 3.63) is 41.5 Å². The molecule has 0 aliphatic heterocycles. The van der Waals surface area contributed by atoms with Crippen LogP contribution in [0.2, 0.25) is 0 Å². The van der Waals surface area contributed by atoms with E-state index in [1.807, 2.05) is 18.2 Å². The van der Waals surface area contributed by atoms with Crippen molar-refractivity contribution in [1.29, 1.82) is 0 Å². The number of unbranched alkanes of at least 4 members (excludes halogenated alkanes) is 2. The zero-order chi connectivity index (χ0) is 20.7. The Hall–Kier alpha value is 0.246. The van der Waals surface area contributed by atoms with Crippen LogP contribution in [0.25, 0.3) is 10.8 Å². The predicted octanol–water partition coefficient (Wildman–Crippen LogP) is 3.49. The molecule has 0 aliphatic carbocycles. The van der Waals surface area contributed by atoms with Gasteiger partial charge in [-0.3, -0.25) is 0 Å². The molecule has 0 bridgehead atoms. The number of benzene rings is 2. The third-order valence-corrected chi connectivity index (χ3v) is 6.35. The van der Waals surface area contributed by atoms with E-state index in [0.29, 0.717) is 23.6 Å². The van der Waals surface area contributed by atoms with Crippen molar-refractivity contribution in [3.63, 3.8) is 0 Å². The number of aryl methyl sites for hydroxylation is 1. The van der Waals surface area contributed by atoms with Crippen LogP contribution in [0.3, 0.4) is 0 Å². The van der Waals surface area contributed by atoms with E-state index in [4.69, 9.17) is 0 Å². The molecule has 2 aromatic carbocycles. The zero-order valence-corrected chi connectivity index (χ0v) is 22.8. The van der Waals surface area contributed by atoms with E-state index in [2.05, 4.69) is 33.8 Å². The standard InChI is InChI=1S/C24H36O3S.K/c1-18(2)11-5-7-13-20-17-21-14-8-10-16-23(21)24(28(25,26)27)22(20)15-9-6-12-19(3)4;/h8,10,14,16-19H,5-7,9,11-13,15H2,1-4H3,(H,25,26,27);/q;+1/p-1. The Kier molecular flexibility index (Phi) is 12.2. The molecule has 0 saturated heterocycles. The van der Waals surface area contributed by atoms with Crippen LogP contribution in [0.15, 0.2) is 35.2 Å². The van der Waals surface area contributed by atoms with Gasteiger partial charge >= 0.3 is 51.4 Å². The molecule has 2 rings (SSSR count). The van der Waals surface area contributed by atoms with Gasteiger partial charge in [0.25, 0.3) is 0 Å². The summed E-state index contributed by atoms with van der Waals surface area (Å²) in [5.74, 6) is 1.31. The summed E-state index contributed by atoms with van der Waals surface area (Å²) in [6, 6.07) is 9.48. The minimum absolute atomic E-state index is 0. The number of hydrogen-bond acceptors (Lipinski definition) is 3. The van der Waals surface area contributed by atoms with E-state index in [0.717, 1.165) is 55.0 Å². The maximum atomic E-state index is 12.2. The first-order valence-electron chi connectivity index (χ1n) is 10.7. The molecule has 0 aliphatic rings. The molecule has 0 amide bonds. The average Bonchev–Trinajstić information content (AvgIpc) is 2.60. The summed E-state index contributed by atoms with van der Waals surface area (Å²) in [7, 11) is -4.53. The van der Waals surface area contributed by atoms with Gasteiger partial charge in [0, 0.05) is 0 Å². The van der Waals surface area contributed by atoms with Gasteiger partial charge in [-0.05, 0) is 59.4 Å². The molecule has 0 radical (unpaired) electrons. The van der Waals surface area contributed by atoms with Gasteiger partial charge in [0.1, 0.15) is 10.1 Å². The van der Waals surface area contributed by atoms with E-state index >= 15 is 0 Å². The molecule has 0 N–H and O–H groups in total. The Bertz CT molecular complexity index is 873. The van der Waals surface area contributed by atoms with Crippen LogP contribution in [0, 0.1) is 11.8 Å². The summed E-state index contributed by atoms with van der Waals surface area (Å²) in [5, 5.41) is 1.42. The normalized spacial score (nSPS) is 12.0. The van der Waals surface area contributed by atoms with Crippen molar-refractivity contribution in [3.8, 4) is 0 Å². The second-order valence-corrected chi connectivity index (χ2v) is 10.1. The molecule has 0 fully saturated rings. The van der Waals surface area contributed by atoms with E-state index in [1.54, 1.807) is 6.07 Å². The van der Waals surface area contributed by atoms with Crippen LogP contribution in [0.1, 0.15) is 77.3 Å². The van der Waals surface area contributed by atoms with Gasteiger partial charge in [0.05, 0.1) is 4.90 Å². The molecule has 29 heavy (non-hydrogen) atoms. The third-order valence-electron chi connectivity index (χ3n) is 5.38. The van der Waals surface area contributed by atoms with E-state index in [9.17, 15) is 13.0 Å². The number of hydrogen-bond donors (Lipinski definition) is 0. The second-order valence-electron chi connectivity index (χ2n) is 8.80. The largest absolute Gasteiger partial charge is 1.00 e. The quantitative estimate of drug-likeness (QED) is 0.304. The van der Waals surface area contributed by atoms with Crippen LogP contribution >= 0.6 is 0 Å². The first kappa shape index (κ1) is 27.3. The topological polar surface area (TPSA) is 57.2 Å². The van der Waals surface area contributed by atoms with E-state index in [1.165, 1.54) is 6.42 Å². The fourth-order valence-corrected chi connectivity index (χ4v) is 4.91. The van der Waals surface area contributed by atoms with Crippen molar-refractivity contribution in [2.24, 2.45) is 11.8 Å². The maximum absolute atomic E-state index is 12.2. The van der Waals surface area contributed by atoms with Gasteiger partial charge in [-0.15, -0.1) is 0 Å². The van der Waals surface area contributed by atoms with Crippen LogP contribution in [-0.4, -0.2) is 13.0 Å². The molecule has 3 nitrogen and oxygen atoms in total. The summed E-state index contributed by atoms with van der Waals surface area (Å²) in [4.78, 5) is 0.0222. The first-order chi connectivity index (χ1) is 13.2. The average molecular weight is 443 g/mol. The molecule has 0 spiro atoms. The van der Waals surface area contributed by atoms with Crippen LogP contribution in [-0.2, 0) is 23.0 Å². The monoisotopic (exact) mass is 442 g/mol. The Morgan fingerprint density at radius 2 is 1.41 bits per heavy atom. The van der Waals surface area contributed by atoms with Gasteiger partial charge in [-0.25, -0.2) is 8.42 Å². The molecule has 0 unspecified atom stereocenters. The third kappa shape index (κ3) is 8.72. The van der Waals surface area contributed by atoms with Crippen molar-refractivity contribution in [2.75, 3.05) is 0 Å². The van der Waals surface area contributed by atoms with Crippen LogP contribution in [0.4, 0.5) is 0 Å². The molecule has 0 atom stereocenters. The van der Waals surface area contributed by atoms with Crippen molar-refractivity contribution >= 4 is 20.9 Å². The zero-order valence-electron chi connectivity index (χ0n) is 18.8. The summed E-state index contributed by atoms with van der Waals surface area (Å²) in [6.45, 7) is 8.84. The molecule has 2 aromatic rings. The Labute approximate surface area is 220 Å². The summed E-state index contributed by atoms with van der Waals surface area (Å²) < 4.78 is 36.7. The molecular formula is C24H35KO3S. The number of rotatable bonds is 11. The Morgan fingerprint density at radius 1 is 0.862 bits per heavy atom. The van der Waals surface area contributed by atoms with Gasteiger partial charge in [0.15, 0.2) is 0 Å². The smallest absolute Gasteiger partial charge is 0.744 e. The fraction of sp³-hybridized carbons (Fsp3) is 0.583. The molecule has 5 heteroatoms. The van der Waals surface area contributed by atoms with Crippen LogP contribution in [0.5, 0.6) is 0 Å².